The van der Waals surface area contributed by atoms with Crippen LogP contribution in [-0.2, 0) is 28.7 Å². The highest BCUT2D eigenvalue weighted by atomic mass is 16.5. The van der Waals surface area contributed by atoms with Crippen molar-refractivity contribution in [2.24, 2.45) is 10.2 Å². The van der Waals surface area contributed by atoms with E-state index in [1.54, 1.807) is 111 Å². The van der Waals surface area contributed by atoms with Gasteiger partial charge in [-0.3, -0.25) is 4.79 Å². The van der Waals surface area contributed by atoms with Gasteiger partial charge in [-0.25, -0.2) is 19.2 Å². The third kappa shape index (κ3) is 16.3. The van der Waals surface area contributed by atoms with E-state index in [0.29, 0.717) is 96.9 Å². The van der Waals surface area contributed by atoms with Crippen LogP contribution in [-0.4, -0.2) is 61.7 Å². The molecule has 0 fully saturated rings. The number of hydrogen-bond donors (Lipinski definition) is 0. The second kappa shape index (κ2) is 27.8. The minimum Gasteiger partial charge on any atom is -0.494 e. The minimum absolute atomic E-state index is 0.137. The van der Waals surface area contributed by atoms with Gasteiger partial charge in [-0.15, -0.1) is 0 Å². The number of nitriles is 1. The minimum atomic E-state index is -0.791. The van der Waals surface area contributed by atoms with E-state index < -0.39 is 23.9 Å². The summed E-state index contributed by atoms with van der Waals surface area (Å²) in [7, 11) is 0. The van der Waals surface area contributed by atoms with Crippen molar-refractivity contribution in [3.8, 4) is 29.1 Å². The van der Waals surface area contributed by atoms with E-state index in [1.165, 1.54) is 0 Å². The third-order valence-electron chi connectivity index (χ3n) is 10.1. The Bertz CT molecular complexity index is 2430. The quantitative estimate of drug-likeness (QED) is 0.00903. The van der Waals surface area contributed by atoms with Crippen molar-refractivity contribution in [1.29, 1.82) is 5.26 Å². The molecule has 0 radical (unpaired) electrons. The molecule has 0 saturated carbocycles. The van der Waals surface area contributed by atoms with Crippen LogP contribution < -0.4 is 18.9 Å². The maximum atomic E-state index is 13.2. The van der Waals surface area contributed by atoms with Crippen molar-refractivity contribution in [3.63, 3.8) is 0 Å². The van der Waals surface area contributed by atoms with E-state index in [0.717, 1.165) is 23.3 Å². The summed E-state index contributed by atoms with van der Waals surface area (Å²) < 4.78 is 32.6. The Hall–Kier alpha value is -8.36. The van der Waals surface area contributed by atoms with Gasteiger partial charge in [0.15, 0.2) is 0 Å². The number of esters is 4. The van der Waals surface area contributed by atoms with Gasteiger partial charge < -0.3 is 28.4 Å². The average Bonchev–Trinajstić information content (AvgIpc) is 3.36. The van der Waals surface area contributed by atoms with Crippen LogP contribution in [0, 0.1) is 17.9 Å². The summed E-state index contributed by atoms with van der Waals surface area (Å²) in [6, 6.07) is 29.6. The highest BCUT2D eigenvalue weighted by Gasteiger charge is 2.19. The van der Waals surface area contributed by atoms with E-state index >= 15 is 0 Å². The summed E-state index contributed by atoms with van der Waals surface area (Å²) in [5.41, 5.74) is 4.84. The van der Waals surface area contributed by atoms with E-state index in [4.69, 9.17) is 35.0 Å². The van der Waals surface area contributed by atoms with Gasteiger partial charge >= 0.3 is 23.9 Å². The number of rotatable bonds is 25. The summed E-state index contributed by atoms with van der Waals surface area (Å²) in [4.78, 5) is 52.0. The molecule has 4 aromatic carbocycles. The number of unbranched alkanes of at least 4 members (excludes halogenated alkanes) is 2. The number of carbonyl (C=O) groups is 4. The average molecular weight is 919 g/mol. The lowest BCUT2D eigenvalue weighted by Gasteiger charge is -2.10. The molecule has 68 heavy (non-hydrogen) atoms. The van der Waals surface area contributed by atoms with Crippen molar-refractivity contribution in [3.05, 3.63) is 167 Å². The first-order chi connectivity index (χ1) is 32.9. The molecule has 4 aromatic rings. The van der Waals surface area contributed by atoms with Crippen LogP contribution in [0.5, 0.6) is 23.0 Å². The molecule has 0 aliphatic rings. The molecule has 0 spiro atoms. The first kappa shape index (κ1) is 52.3. The van der Waals surface area contributed by atoms with Gasteiger partial charge in [0.25, 0.3) is 5.70 Å². The van der Waals surface area contributed by atoms with Crippen LogP contribution in [0.1, 0.15) is 88.5 Å². The Morgan fingerprint density at radius 1 is 0.574 bits per heavy atom. The Morgan fingerprint density at radius 2 is 0.941 bits per heavy atom. The fourth-order valence-electron chi connectivity index (χ4n) is 6.23. The van der Waals surface area contributed by atoms with Gasteiger partial charge in [-0.05, 0) is 159 Å². The standard InChI is InChI=1S/C54H54N4O10/c1-8-48(41-20-28-45(29-21-41)67-53(61)47(36-55)37(5)39-16-24-43(25-17-39)63-32-12-14-34-65-50(59)10-3)57-58-49(9-2)42-22-30-46(31-23-42)68-54(62)52(56-7)38(6)40-18-26-44(27-19-40)64-33-13-15-35-66-51(60)11-4/h10-11,16-31H,3-4,8-9,12-15,32-35H2,1-2,5-6H3/b47-37+,52-38-,57-48+,58-49+. The van der Waals surface area contributed by atoms with Gasteiger partial charge in [0, 0.05) is 12.2 Å². The van der Waals surface area contributed by atoms with Crippen LogP contribution in [0.15, 0.2) is 144 Å². The predicted octanol–water partition coefficient (Wildman–Crippen LogP) is 10.6. The lowest BCUT2D eigenvalue weighted by molar-refractivity contribution is -0.138. The van der Waals surface area contributed by atoms with Crippen molar-refractivity contribution < 1.29 is 47.6 Å². The van der Waals surface area contributed by atoms with E-state index in [2.05, 4.69) is 28.2 Å². The van der Waals surface area contributed by atoms with Crippen molar-refractivity contribution in [2.75, 3.05) is 26.4 Å². The predicted molar refractivity (Wildman–Crippen MR) is 260 cm³/mol. The van der Waals surface area contributed by atoms with Crippen LogP contribution in [0.4, 0.5) is 0 Å². The molecule has 350 valence electrons. The normalized spacial score (nSPS) is 11.9. The number of hydrogen-bond acceptors (Lipinski definition) is 13. The van der Waals surface area contributed by atoms with Gasteiger partial charge in [0.2, 0.25) is 0 Å². The first-order valence-electron chi connectivity index (χ1n) is 22.0. The summed E-state index contributed by atoms with van der Waals surface area (Å²) in [5, 5.41) is 19.0. The van der Waals surface area contributed by atoms with Crippen LogP contribution in [0.2, 0.25) is 0 Å². The van der Waals surface area contributed by atoms with Crippen molar-refractivity contribution in [1.82, 2.24) is 0 Å². The third-order valence-corrected chi connectivity index (χ3v) is 10.1. The molecule has 0 bridgehead atoms. The number of benzene rings is 4. The SMILES string of the molecule is [C-]#[N+]/C(C(=O)Oc1ccc(/C(CC)=N/N=C(\CC)c2ccc(OC(=O)/C(C#N)=C(\C)c3ccc(OCCCCOC(=O)C=C)cc3)cc2)cc1)=C(/C)c1ccc(OCCCCOC(=O)C=C)cc1. The Morgan fingerprint density at radius 3 is 1.32 bits per heavy atom. The smallest absolute Gasteiger partial charge is 0.354 e. The highest BCUT2D eigenvalue weighted by molar-refractivity contribution is 6.05. The molecule has 0 unspecified atom stereocenters. The Kier molecular flexibility index (Phi) is 21.4. The fraction of sp³-hybridized carbons (Fsp3) is 0.259. The molecule has 4 rings (SSSR count). The first-order valence-corrected chi connectivity index (χ1v) is 22.0. The Balaban J connectivity index is 1.33. The summed E-state index contributed by atoms with van der Waals surface area (Å²) in [6.45, 7) is 23.1. The molecule has 0 heterocycles. The van der Waals surface area contributed by atoms with Crippen LogP contribution in [0.25, 0.3) is 16.0 Å². The second-order valence-electron chi connectivity index (χ2n) is 14.7. The summed E-state index contributed by atoms with van der Waals surface area (Å²) in [5.74, 6) is -0.744. The molecule has 0 atom stereocenters. The van der Waals surface area contributed by atoms with Crippen molar-refractivity contribution >= 4 is 46.4 Å². The van der Waals surface area contributed by atoms with Crippen molar-refractivity contribution in [2.45, 2.75) is 66.2 Å². The molecule has 0 aliphatic heterocycles. The number of nitrogens with zero attached hydrogens (tertiary/aromatic N) is 4. The zero-order valence-electron chi connectivity index (χ0n) is 38.7. The van der Waals surface area contributed by atoms with Crippen LogP contribution in [0.3, 0.4) is 0 Å². The Labute approximate surface area is 397 Å². The van der Waals surface area contributed by atoms with E-state index in [-0.39, 0.29) is 36.0 Å². The van der Waals surface area contributed by atoms with Gasteiger partial charge in [0.05, 0.1) is 44.4 Å². The molecular formula is C54H54N4O10. The van der Waals surface area contributed by atoms with Crippen LogP contribution >= 0.6 is 0 Å². The summed E-state index contributed by atoms with van der Waals surface area (Å²) >= 11 is 0. The number of ether oxygens (including phenoxy) is 6. The lowest BCUT2D eigenvalue weighted by Crippen LogP contribution is -2.12. The fourth-order valence-corrected chi connectivity index (χ4v) is 6.23. The largest absolute Gasteiger partial charge is 0.494 e. The van der Waals surface area contributed by atoms with E-state index in [9.17, 15) is 24.4 Å². The highest BCUT2D eigenvalue weighted by Crippen LogP contribution is 2.26. The zero-order chi connectivity index (χ0) is 49.3. The molecule has 14 nitrogen and oxygen atoms in total. The topological polar surface area (TPSA) is 177 Å². The molecule has 0 amide bonds. The molecule has 0 aromatic heterocycles. The maximum Gasteiger partial charge on any atom is 0.354 e. The molecule has 0 saturated heterocycles. The maximum absolute atomic E-state index is 13.2. The lowest BCUT2D eigenvalue weighted by atomic mass is 10.0. The van der Waals surface area contributed by atoms with Gasteiger partial charge in [0.1, 0.15) is 34.6 Å². The van der Waals surface area contributed by atoms with Gasteiger partial charge in [-0.1, -0.05) is 51.3 Å². The monoisotopic (exact) mass is 918 g/mol. The molecular weight excluding hydrogens is 865 g/mol. The molecule has 14 heteroatoms. The zero-order valence-corrected chi connectivity index (χ0v) is 38.7. The molecule has 0 aliphatic carbocycles. The molecule has 0 N–H and O–H groups in total. The second-order valence-corrected chi connectivity index (χ2v) is 14.7. The summed E-state index contributed by atoms with van der Waals surface area (Å²) in [6.07, 6.45) is 6.01. The number of carbonyl (C=O) groups excluding carboxylic acids is 4. The van der Waals surface area contributed by atoms with Gasteiger partial charge in [-0.2, -0.15) is 15.5 Å². The van der Waals surface area contributed by atoms with E-state index in [1.807, 2.05) is 19.9 Å². The number of allylic oxidation sites excluding steroid dienone is 2.